The fourth-order valence-corrected chi connectivity index (χ4v) is 17.3. The summed E-state index contributed by atoms with van der Waals surface area (Å²) in [7, 11) is 0. The molecule has 10 aromatic rings. The number of nitrogens with zero attached hydrogens (tertiary/aromatic N) is 3. The molecule has 1 aromatic heterocycles. The van der Waals surface area contributed by atoms with E-state index < -0.39 is 0 Å². The minimum Gasteiger partial charge on any atom is -0.456 e. The number of furan rings is 1. The maximum absolute atomic E-state index is 6.53. The van der Waals surface area contributed by atoms with Crippen LogP contribution < -0.4 is 31.1 Å². The van der Waals surface area contributed by atoms with E-state index in [-0.39, 0.29) is 33.8 Å². The van der Waals surface area contributed by atoms with Gasteiger partial charge in [0.1, 0.15) is 11.3 Å². The van der Waals surface area contributed by atoms with Crippen LogP contribution in [0.5, 0.6) is 0 Å². The molecule has 0 amide bonds. The lowest BCUT2D eigenvalue weighted by molar-refractivity contribution is 0.392. The Morgan fingerprint density at radius 3 is 1.42 bits per heavy atom. The highest BCUT2D eigenvalue weighted by Gasteiger charge is 2.47. The Hall–Kier alpha value is -8.02. The molecule has 0 bridgehead atoms. The third-order valence-electron chi connectivity index (χ3n) is 20.9. The summed E-state index contributed by atoms with van der Waals surface area (Å²) in [5.74, 6) is 0.874. The van der Waals surface area contributed by atoms with E-state index in [1.807, 2.05) is 0 Å². The molecule has 84 heavy (non-hydrogen) atoms. The molecule has 0 atom stereocenters. The maximum atomic E-state index is 6.53. The molecule has 0 spiro atoms. The van der Waals surface area contributed by atoms with Crippen molar-refractivity contribution in [2.45, 2.75) is 126 Å². The molecule has 4 nitrogen and oxygen atoms in total. The first-order chi connectivity index (χ1) is 40.2. The SMILES string of the molecule is CC1(C)Cc2ccc(N3c4cc5c(cc4B4c6cc7c(cc6N(c6ccc8c(c6)CC(C)(C)C8)c6cc(N(c8ccc(-c9cc%10ccccc%10o9)cc8)c8ccc9c(c8)C(C)(C)c8ccccc8-9)cc3c64)CC(C)(C)C7)CC(C)(C)C5)cc2C1. The Labute approximate surface area is 497 Å². The van der Waals surface area contributed by atoms with Crippen molar-refractivity contribution in [3.05, 3.63) is 225 Å². The molecule has 5 heteroatoms. The van der Waals surface area contributed by atoms with E-state index in [1.54, 1.807) is 0 Å². The van der Waals surface area contributed by atoms with Gasteiger partial charge in [-0.3, -0.25) is 0 Å². The zero-order valence-corrected chi connectivity index (χ0v) is 50.6. The maximum Gasteiger partial charge on any atom is 0.252 e. The molecule has 0 N–H and O–H groups in total. The van der Waals surface area contributed by atoms with Gasteiger partial charge in [-0.25, -0.2) is 0 Å². The highest BCUT2D eigenvalue weighted by Crippen LogP contribution is 2.55. The van der Waals surface area contributed by atoms with Gasteiger partial charge in [-0.2, -0.15) is 0 Å². The summed E-state index contributed by atoms with van der Waals surface area (Å²) < 4.78 is 6.53. The van der Waals surface area contributed by atoms with E-state index in [4.69, 9.17) is 4.42 Å². The van der Waals surface area contributed by atoms with Crippen molar-refractivity contribution in [2.75, 3.05) is 14.7 Å². The number of hydrogen-bond donors (Lipinski definition) is 0. The minimum absolute atomic E-state index is 0.0159. The van der Waals surface area contributed by atoms with Crippen LogP contribution in [0.2, 0.25) is 0 Å². The zero-order valence-electron chi connectivity index (χ0n) is 50.6. The van der Waals surface area contributed by atoms with Gasteiger partial charge in [0.05, 0.1) is 5.69 Å². The Morgan fingerprint density at radius 1 is 0.381 bits per heavy atom. The Balaban J connectivity index is 0.964. The summed E-state index contributed by atoms with van der Waals surface area (Å²) in [6.45, 7) is 24.5. The van der Waals surface area contributed by atoms with Crippen LogP contribution >= 0.6 is 0 Å². The van der Waals surface area contributed by atoms with Gasteiger partial charge >= 0.3 is 0 Å². The number of anilines is 9. The lowest BCUT2D eigenvalue weighted by Crippen LogP contribution is -2.61. The summed E-state index contributed by atoms with van der Waals surface area (Å²) in [5.41, 5.74) is 35.2. The fraction of sp³-hybridized carbons (Fsp3) is 0.291. The monoisotopic (exact) mass is 1090 g/mol. The summed E-state index contributed by atoms with van der Waals surface area (Å²) in [6, 6.07) is 66.9. The van der Waals surface area contributed by atoms with E-state index in [1.165, 1.54) is 117 Å². The smallest absolute Gasteiger partial charge is 0.252 e. The highest BCUT2D eigenvalue weighted by atomic mass is 16.3. The molecule has 0 radical (unpaired) electrons. The van der Waals surface area contributed by atoms with Crippen LogP contribution in [-0.4, -0.2) is 6.71 Å². The molecule has 0 saturated heterocycles. The van der Waals surface area contributed by atoms with Gasteiger partial charge in [-0.1, -0.05) is 142 Å². The van der Waals surface area contributed by atoms with Crippen molar-refractivity contribution < 1.29 is 4.42 Å². The molecule has 17 rings (SSSR count). The largest absolute Gasteiger partial charge is 0.456 e. The minimum atomic E-state index is -0.192. The third kappa shape index (κ3) is 7.65. The second-order valence-electron chi connectivity index (χ2n) is 30.3. The summed E-state index contributed by atoms with van der Waals surface area (Å²) in [4.78, 5) is 8.02. The average molecular weight is 1090 g/mol. The average Bonchev–Trinajstić information content (AvgIpc) is 0.801. The number of benzene rings is 9. The van der Waals surface area contributed by atoms with Crippen molar-refractivity contribution in [3.63, 3.8) is 0 Å². The van der Waals surface area contributed by atoms with Gasteiger partial charge < -0.3 is 19.1 Å². The molecule has 0 unspecified atom stereocenters. The molecule has 9 aromatic carbocycles. The Bertz CT molecular complexity index is 4310. The normalized spacial score (nSPS) is 18.6. The van der Waals surface area contributed by atoms with E-state index in [0.717, 1.165) is 90.7 Å². The van der Waals surface area contributed by atoms with Gasteiger partial charge in [0.15, 0.2) is 0 Å². The highest BCUT2D eigenvalue weighted by molar-refractivity contribution is 7.00. The zero-order chi connectivity index (χ0) is 57.1. The summed E-state index contributed by atoms with van der Waals surface area (Å²) >= 11 is 0. The number of rotatable bonds is 6. The second kappa shape index (κ2) is 17.1. The molecule has 414 valence electrons. The Morgan fingerprint density at radius 2 is 0.857 bits per heavy atom. The van der Waals surface area contributed by atoms with Crippen LogP contribution in [-0.2, 0) is 56.8 Å². The molecular formula is C79H74BN3O. The number of para-hydroxylation sites is 1. The van der Waals surface area contributed by atoms with E-state index >= 15 is 0 Å². The van der Waals surface area contributed by atoms with Crippen molar-refractivity contribution in [2.24, 2.45) is 21.7 Å². The predicted octanol–water partition coefficient (Wildman–Crippen LogP) is 18.5. The van der Waals surface area contributed by atoms with Gasteiger partial charge in [-0.05, 0) is 253 Å². The van der Waals surface area contributed by atoms with E-state index in [2.05, 4.69) is 254 Å². The quantitative estimate of drug-likeness (QED) is 0.155. The molecule has 3 heterocycles. The molecule has 0 saturated carbocycles. The topological polar surface area (TPSA) is 22.9 Å². The fourth-order valence-electron chi connectivity index (χ4n) is 17.3. The van der Waals surface area contributed by atoms with Gasteiger partial charge in [-0.15, -0.1) is 0 Å². The molecule has 0 fully saturated rings. The number of fused-ring (bicyclic) bond motifs is 12. The van der Waals surface area contributed by atoms with Crippen LogP contribution in [0.15, 0.2) is 174 Å². The van der Waals surface area contributed by atoms with Crippen LogP contribution in [0.3, 0.4) is 0 Å². The van der Waals surface area contributed by atoms with Gasteiger partial charge in [0.2, 0.25) is 0 Å². The lowest BCUT2D eigenvalue weighted by Gasteiger charge is -2.45. The predicted molar refractivity (Wildman–Crippen MR) is 353 cm³/mol. The molecule has 2 aliphatic heterocycles. The van der Waals surface area contributed by atoms with Gasteiger partial charge in [0.25, 0.3) is 6.71 Å². The van der Waals surface area contributed by atoms with E-state index in [9.17, 15) is 0 Å². The van der Waals surface area contributed by atoms with E-state index in [0.29, 0.717) is 0 Å². The standard InChI is InChI=1S/C79H74BN3O/c1-75(2)39-49-21-25-58(29-51(49)41-75)82-68-33-55-45-77(5,6)43-53(55)31-66(68)80-67-32-54-44-78(7,8)46-56(54)34-69(67)83(59-26-22-50-40-76(3,4)42-52(50)30-59)71-38-61(37-70(82)74(71)80)81(57-23-19-47(20-24-57)73-35-48-15-11-14-18-72(48)84-73)60-27-28-63-62-16-12-13-17-64(62)79(9,10)65(63)36-60/h11-38H,39-46H2,1-10H3. The lowest BCUT2D eigenvalue weighted by atomic mass is 9.33. The molecular weight excluding hydrogens is 1020 g/mol. The second-order valence-corrected chi connectivity index (χ2v) is 30.3. The summed E-state index contributed by atoms with van der Waals surface area (Å²) in [6.07, 6.45) is 8.67. The van der Waals surface area contributed by atoms with Crippen molar-refractivity contribution in [1.29, 1.82) is 0 Å². The Kier molecular flexibility index (Phi) is 10.3. The van der Waals surface area contributed by atoms with Crippen LogP contribution in [0.4, 0.5) is 51.2 Å². The first-order valence-corrected chi connectivity index (χ1v) is 31.2. The number of hydrogen-bond acceptors (Lipinski definition) is 4. The third-order valence-corrected chi connectivity index (χ3v) is 20.9. The van der Waals surface area contributed by atoms with Crippen molar-refractivity contribution >= 4 is 85.3 Å². The summed E-state index contributed by atoms with van der Waals surface area (Å²) in [5, 5.41) is 1.11. The van der Waals surface area contributed by atoms with Crippen LogP contribution in [0, 0.1) is 21.7 Å². The van der Waals surface area contributed by atoms with Crippen molar-refractivity contribution in [3.8, 4) is 22.5 Å². The molecule has 5 aliphatic carbocycles. The molecule has 7 aliphatic rings. The van der Waals surface area contributed by atoms with Crippen molar-refractivity contribution in [1.82, 2.24) is 0 Å². The van der Waals surface area contributed by atoms with Gasteiger partial charge in [0, 0.05) is 61.9 Å². The first kappa shape index (κ1) is 50.5. The van der Waals surface area contributed by atoms with Crippen LogP contribution in [0.25, 0.3) is 33.4 Å². The van der Waals surface area contributed by atoms with Crippen LogP contribution in [0.1, 0.15) is 125 Å². The first-order valence-electron chi connectivity index (χ1n) is 31.2.